The number of halogens is 1. The molecule has 102 valence electrons. The van der Waals surface area contributed by atoms with Crippen LogP contribution < -0.4 is 5.32 Å². The zero-order valence-electron chi connectivity index (χ0n) is 10.8. The van der Waals surface area contributed by atoms with Gasteiger partial charge in [-0.25, -0.2) is 0 Å². The standard InChI is InChI=1S/C15H13ClN2OS/c1-9(18-11-2-3-14(19)12(16)7-11)10-6-15-13(17-8-10)4-5-20-15/h2-9,18-19H,1H3. The lowest BCUT2D eigenvalue weighted by atomic mass is 10.1. The fourth-order valence-corrected chi connectivity index (χ4v) is 3.00. The van der Waals surface area contributed by atoms with Gasteiger partial charge in [0, 0.05) is 11.9 Å². The van der Waals surface area contributed by atoms with E-state index in [4.69, 9.17) is 11.6 Å². The molecular weight excluding hydrogens is 292 g/mol. The Kier molecular flexibility index (Phi) is 3.51. The number of aromatic hydroxyl groups is 1. The van der Waals surface area contributed by atoms with Gasteiger partial charge in [0.05, 0.1) is 21.3 Å². The number of thiophene rings is 1. The topological polar surface area (TPSA) is 45.1 Å². The molecule has 0 bridgehead atoms. The number of hydrogen-bond acceptors (Lipinski definition) is 4. The Morgan fingerprint density at radius 2 is 2.15 bits per heavy atom. The summed E-state index contributed by atoms with van der Waals surface area (Å²) < 4.78 is 1.18. The van der Waals surface area contributed by atoms with Gasteiger partial charge in [-0.05, 0) is 48.2 Å². The first kappa shape index (κ1) is 13.2. The predicted molar refractivity (Wildman–Crippen MR) is 84.8 cm³/mol. The normalized spacial score (nSPS) is 12.5. The Morgan fingerprint density at radius 3 is 2.95 bits per heavy atom. The van der Waals surface area contributed by atoms with Crippen LogP contribution in [0.25, 0.3) is 10.2 Å². The molecule has 3 rings (SSSR count). The Balaban J connectivity index is 1.84. The molecule has 2 N–H and O–H groups in total. The summed E-state index contributed by atoms with van der Waals surface area (Å²) in [6.07, 6.45) is 1.88. The van der Waals surface area contributed by atoms with Gasteiger partial charge >= 0.3 is 0 Å². The number of phenols is 1. The fraction of sp³-hybridized carbons (Fsp3) is 0.133. The lowest BCUT2D eigenvalue weighted by molar-refractivity contribution is 0.475. The summed E-state index contributed by atoms with van der Waals surface area (Å²) in [7, 11) is 0. The Morgan fingerprint density at radius 1 is 1.30 bits per heavy atom. The Labute approximate surface area is 125 Å². The summed E-state index contributed by atoms with van der Waals surface area (Å²) in [5.74, 6) is 0.0894. The van der Waals surface area contributed by atoms with Crippen LogP contribution in [0.4, 0.5) is 5.69 Å². The van der Waals surface area contributed by atoms with Crippen LogP contribution in [0.15, 0.2) is 41.9 Å². The van der Waals surface area contributed by atoms with Gasteiger partial charge in [0.2, 0.25) is 0 Å². The van der Waals surface area contributed by atoms with E-state index in [2.05, 4.69) is 23.3 Å². The Bertz CT molecular complexity index is 756. The lowest BCUT2D eigenvalue weighted by Crippen LogP contribution is -2.06. The average Bonchev–Trinajstić information content (AvgIpc) is 2.90. The number of hydrogen-bond donors (Lipinski definition) is 2. The van der Waals surface area contributed by atoms with Crippen molar-refractivity contribution in [3.63, 3.8) is 0 Å². The molecule has 0 fully saturated rings. The summed E-state index contributed by atoms with van der Waals surface area (Å²) in [6, 6.07) is 9.36. The number of rotatable bonds is 3. The molecule has 5 heteroatoms. The number of fused-ring (bicyclic) bond motifs is 1. The summed E-state index contributed by atoms with van der Waals surface area (Å²) in [5.41, 5.74) is 3.01. The van der Waals surface area contributed by atoms with Crippen molar-refractivity contribution in [2.24, 2.45) is 0 Å². The number of anilines is 1. The monoisotopic (exact) mass is 304 g/mol. The second-order valence-electron chi connectivity index (χ2n) is 4.60. The van der Waals surface area contributed by atoms with Gasteiger partial charge in [-0.15, -0.1) is 11.3 Å². The lowest BCUT2D eigenvalue weighted by Gasteiger charge is -2.16. The minimum atomic E-state index is 0.0894. The summed E-state index contributed by atoms with van der Waals surface area (Å²) >= 11 is 7.59. The highest BCUT2D eigenvalue weighted by molar-refractivity contribution is 7.17. The predicted octanol–water partition coefficient (Wildman–Crippen LogP) is 4.83. The van der Waals surface area contributed by atoms with Crippen molar-refractivity contribution >= 4 is 38.8 Å². The van der Waals surface area contributed by atoms with E-state index in [1.807, 2.05) is 17.6 Å². The first-order valence-electron chi connectivity index (χ1n) is 6.21. The van der Waals surface area contributed by atoms with Crippen molar-refractivity contribution < 1.29 is 5.11 Å². The third kappa shape index (κ3) is 2.57. The van der Waals surface area contributed by atoms with Crippen molar-refractivity contribution in [2.45, 2.75) is 13.0 Å². The molecule has 20 heavy (non-hydrogen) atoms. The van der Waals surface area contributed by atoms with Crippen LogP contribution in [-0.2, 0) is 0 Å². The van der Waals surface area contributed by atoms with Gasteiger partial charge in [0.15, 0.2) is 0 Å². The maximum Gasteiger partial charge on any atom is 0.134 e. The average molecular weight is 305 g/mol. The molecule has 3 aromatic rings. The molecule has 1 unspecified atom stereocenters. The molecule has 1 atom stereocenters. The maximum atomic E-state index is 9.42. The van der Waals surface area contributed by atoms with E-state index >= 15 is 0 Å². The van der Waals surface area contributed by atoms with E-state index in [0.717, 1.165) is 16.8 Å². The van der Waals surface area contributed by atoms with Gasteiger partial charge in [-0.2, -0.15) is 0 Å². The zero-order chi connectivity index (χ0) is 14.1. The summed E-state index contributed by atoms with van der Waals surface area (Å²) in [6.45, 7) is 2.07. The summed E-state index contributed by atoms with van der Waals surface area (Å²) in [4.78, 5) is 4.44. The number of benzene rings is 1. The van der Waals surface area contributed by atoms with Crippen LogP contribution in [0, 0.1) is 0 Å². The third-order valence-corrected chi connectivity index (χ3v) is 4.31. The van der Waals surface area contributed by atoms with E-state index in [1.165, 1.54) is 4.70 Å². The molecule has 0 radical (unpaired) electrons. The SMILES string of the molecule is CC(Nc1ccc(O)c(Cl)c1)c1cnc2ccsc2c1. The van der Waals surface area contributed by atoms with Crippen LogP contribution in [-0.4, -0.2) is 10.1 Å². The highest BCUT2D eigenvalue weighted by Crippen LogP contribution is 2.29. The smallest absolute Gasteiger partial charge is 0.134 e. The van der Waals surface area contributed by atoms with E-state index in [-0.39, 0.29) is 11.8 Å². The highest BCUT2D eigenvalue weighted by Gasteiger charge is 2.08. The van der Waals surface area contributed by atoms with Crippen LogP contribution in [0.3, 0.4) is 0 Å². The number of aromatic nitrogens is 1. The molecule has 0 saturated carbocycles. The number of nitrogens with zero attached hydrogens (tertiary/aromatic N) is 1. The van der Waals surface area contributed by atoms with Crippen molar-refractivity contribution in [3.8, 4) is 5.75 Å². The van der Waals surface area contributed by atoms with Crippen LogP contribution in [0.1, 0.15) is 18.5 Å². The molecule has 0 aliphatic carbocycles. The molecule has 0 aliphatic heterocycles. The van der Waals surface area contributed by atoms with Crippen LogP contribution in [0.5, 0.6) is 5.75 Å². The quantitative estimate of drug-likeness (QED) is 0.681. The van der Waals surface area contributed by atoms with Gasteiger partial charge in [-0.1, -0.05) is 11.6 Å². The maximum absolute atomic E-state index is 9.42. The molecular formula is C15H13ClN2OS. The minimum Gasteiger partial charge on any atom is -0.506 e. The van der Waals surface area contributed by atoms with Crippen LogP contribution in [0.2, 0.25) is 5.02 Å². The minimum absolute atomic E-state index is 0.0894. The second-order valence-corrected chi connectivity index (χ2v) is 5.96. The van der Waals surface area contributed by atoms with E-state index in [0.29, 0.717) is 5.02 Å². The largest absolute Gasteiger partial charge is 0.506 e. The second kappa shape index (κ2) is 5.31. The molecule has 0 saturated heterocycles. The van der Waals surface area contributed by atoms with Gasteiger partial charge in [-0.3, -0.25) is 4.98 Å². The number of phenolic OH excluding ortho intramolecular Hbond substituents is 1. The molecule has 0 spiro atoms. The first-order valence-corrected chi connectivity index (χ1v) is 7.47. The van der Waals surface area contributed by atoms with Crippen molar-refractivity contribution in [1.82, 2.24) is 4.98 Å². The molecule has 0 amide bonds. The number of pyridine rings is 1. The Hall–Kier alpha value is -1.78. The molecule has 2 heterocycles. The first-order chi connectivity index (χ1) is 9.63. The molecule has 1 aromatic carbocycles. The van der Waals surface area contributed by atoms with Crippen molar-refractivity contribution in [3.05, 3.63) is 52.5 Å². The van der Waals surface area contributed by atoms with Crippen molar-refractivity contribution in [2.75, 3.05) is 5.32 Å². The van der Waals surface area contributed by atoms with E-state index in [9.17, 15) is 5.11 Å². The highest BCUT2D eigenvalue weighted by atomic mass is 35.5. The zero-order valence-corrected chi connectivity index (χ0v) is 12.4. The number of nitrogens with one attached hydrogen (secondary N) is 1. The van der Waals surface area contributed by atoms with Gasteiger partial charge in [0.1, 0.15) is 5.75 Å². The fourth-order valence-electron chi connectivity index (χ4n) is 2.03. The third-order valence-electron chi connectivity index (χ3n) is 3.15. The molecule has 3 nitrogen and oxygen atoms in total. The van der Waals surface area contributed by atoms with Gasteiger partial charge in [0.25, 0.3) is 0 Å². The van der Waals surface area contributed by atoms with Gasteiger partial charge < -0.3 is 10.4 Å². The van der Waals surface area contributed by atoms with Crippen LogP contribution >= 0.6 is 22.9 Å². The molecule has 2 aromatic heterocycles. The van der Waals surface area contributed by atoms with E-state index in [1.54, 1.807) is 29.5 Å². The summed E-state index contributed by atoms with van der Waals surface area (Å²) in [5, 5.41) is 15.2. The molecule has 0 aliphatic rings. The van der Waals surface area contributed by atoms with E-state index < -0.39 is 0 Å². The van der Waals surface area contributed by atoms with Crippen molar-refractivity contribution in [1.29, 1.82) is 0 Å².